The number of ether oxygens (including phenoxy) is 1. The normalized spacial score (nSPS) is 19.9. The van der Waals surface area contributed by atoms with E-state index in [9.17, 15) is 0 Å². The summed E-state index contributed by atoms with van der Waals surface area (Å²) in [7, 11) is 0. The van der Waals surface area contributed by atoms with Crippen molar-refractivity contribution in [1.82, 2.24) is 19.9 Å². The van der Waals surface area contributed by atoms with Gasteiger partial charge in [-0.25, -0.2) is 15.0 Å². The van der Waals surface area contributed by atoms with Crippen LogP contribution in [-0.4, -0.2) is 56.8 Å². The van der Waals surface area contributed by atoms with Crippen molar-refractivity contribution < 1.29 is 14.6 Å². The van der Waals surface area contributed by atoms with Crippen LogP contribution in [0.1, 0.15) is 43.6 Å². The summed E-state index contributed by atoms with van der Waals surface area (Å²) in [6.07, 6.45) is 6.86. The molecule has 0 radical (unpaired) electrons. The minimum Gasteiger partial charge on any atom is -0.488 e. The minimum atomic E-state index is -0.0727. The summed E-state index contributed by atoms with van der Waals surface area (Å²) in [5, 5.41) is 6.54. The molecule has 1 aromatic carbocycles. The molecule has 9 heteroatoms. The van der Waals surface area contributed by atoms with Crippen molar-refractivity contribution in [2.75, 3.05) is 30.3 Å². The molecule has 1 aliphatic heterocycles. The second-order valence-electron chi connectivity index (χ2n) is 9.22. The van der Waals surface area contributed by atoms with E-state index >= 15 is 0 Å². The lowest BCUT2D eigenvalue weighted by Crippen LogP contribution is -2.51. The van der Waals surface area contributed by atoms with E-state index in [0.717, 1.165) is 61.8 Å². The number of nitrogens with zero attached hydrogens (tertiary/aromatic N) is 5. The van der Waals surface area contributed by atoms with Gasteiger partial charge in [0.2, 0.25) is 5.71 Å². The van der Waals surface area contributed by atoms with Crippen LogP contribution in [0.15, 0.2) is 47.7 Å². The molecule has 3 aromatic rings. The Labute approximate surface area is 193 Å². The summed E-state index contributed by atoms with van der Waals surface area (Å²) >= 11 is 0. The van der Waals surface area contributed by atoms with Gasteiger partial charge in [0.1, 0.15) is 35.5 Å². The summed E-state index contributed by atoms with van der Waals surface area (Å²) in [5.41, 5.74) is 9.61. The van der Waals surface area contributed by atoms with E-state index in [4.69, 9.17) is 20.3 Å². The number of hydrogen-bond donors (Lipinski definition) is 2. The molecule has 3 heterocycles. The quantitative estimate of drug-likeness (QED) is 0.410. The predicted octanol–water partition coefficient (Wildman–Crippen LogP) is 1.29. The molecule has 9 nitrogen and oxygen atoms in total. The molecule has 1 unspecified atom stereocenters. The molecule has 33 heavy (non-hydrogen) atoms. The molecule has 0 bridgehead atoms. The molecule has 2 fully saturated rings. The van der Waals surface area contributed by atoms with E-state index in [1.165, 1.54) is 6.39 Å². The van der Waals surface area contributed by atoms with Crippen LogP contribution in [0.4, 0.5) is 11.5 Å². The van der Waals surface area contributed by atoms with Gasteiger partial charge in [0.15, 0.2) is 6.39 Å². The van der Waals surface area contributed by atoms with Crippen molar-refractivity contribution in [2.24, 2.45) is 0 Å². The first kappa shape index (κ1) is 21.4. The molecule has 1 saturated heterocycles. The second-order valence-corrected chi connectivity index (χ2v) is 9.22. The first-order chi connectivity index (χ1) is 15.9. The van der Waals surface area contributed by atoms with Crippen LogP contribution in [0.25, 0.3) is 0 Å². The largest absolute Gasteiger partial charge is 0.488 e. The van der Waals surface area contributed by atoms with Gasteiger partial charge in [-0.05, 0) is 44.9 Å². The highest BCUT2D eigenvalue weighted by Crippen LogP contribution is 2.40. The van der Waals surface area contributed by atoms with E-state index in [-0.39, 0.29) is 5.60 Å². The van der Waals surface area contributed by atoms with Crippen molar-refractivity contribution in [1.29, 1.82) is 0 Å². The summed E-state index contributed by atoms with van der Waals surface area (Å²) in [6.45, 7) is 7.69. The third kappa shape index (κ3) is 4.68. The molecule has 0 amide bonds. The second kappa shape index (κ2) is 8.47. The number of hydrogen-bond acceptors (Lipinski definition) is 8. The van der Waals surface area contributed by atoms with Crippen LogP contribution < -0.4 is 20.8 Å². The Kier molecular flexibility index (Phi) is 5.49. The fraction of sp³-hybridized carbons (Fsp3) is 0.417. The van der Waals surface area contributed by atoms with E-state index in [2.05, 4.69) is 38.6 Å². The highest BCUT2D eigenvalue weighted by molar-refractivity contribution is 6.11. The molecule has 1 atom stereocenters. The number of nitrogen functional groups attached to an aromatic ring is 1. The van der Waals surface area contributed by atoms with Gasteiger partial charge in [0, 0.05) is 44.0 Å². The minimum absolute atomic E-state index is 0.0727. The summed E-state index contributed by atoms with van der Waals surface area (Å²) in [5.74, 6) is 1.63. The van der Waals surface area contributed by atoms with Crippen LogP contribution >= 0.6 is 0 Å². The van der Waals surface area contributed by atoms with Gasteiger partial charge in [0.25, 0.3) is 0 Å². The monoisotopic (exact) mass is 448 g/mol. The molecular formula is C24H30N7O2+. The Morgan fingerprint density at radius 2 is 2.09 bits per heavy atom. The Bertz CT molecular complexity index is 1140. The fourth-order valence-corrected chi connectivity index (χ4v) is 4.16. The number of piperazine rings is 1. The molecule has 0 spiro atoms. The highest BCUT2D eigenvalue weighted by atomic mass is 16.5. The van der Waals surface area contributed by atoms with Crippen LogP contribution in [-0.2, 0) is 6.54 Å². The van der Waals surface area contributed by atoms with Crippen molar-refractivity contribution >= 4 is 17.2 Å². The first-order valence-electron chi connectivity index (χ1n) is 11.3. The summed E-state index contributed by atoms with van der Waals surface area (Å²) in [6, 6.07) is 7.90. The highest BCUT2D eigenvalue weighted by Gasteiger charge is 2.40. The maximum Gasteiger partial charge on any atom is 0.232 e. The lowest BCUT2D eigenvalue weighted by molar-refractivity contribution is -0.111. The van der Waals surface area contributed by atoms with Gasteiger partial charge in [-0.1, -0.05) is 0 Å². The van der Waals surface area contributed by atoms with Gasteiger partial charge in [-0.2, -0.15) is 0 Å². The summed E-state index contributed by atoms with van der Waals surface area (Å²) in [4.78, 5) is 17.8. The maximum atomic E-state index is 6.54. The number of benzene rings is 1. The van der Waals surface area contributed by atoms with Gasteiger partial charge in [-0.15, -0.1) is 0 Å². The molecule has 172 valence electrons. The molecule has 1 saturated carbocycles. The number of oxazole rings is 1. The molecule has 4 N–H and O–H groups in total. The van der Waals surface area contributed by atoms with Gasteiger partial charge in [-0.3, -0.25) is 10.3 Å². The zero-order valence-electron chi connectivity index (χ0n) is 19.1. The number of nitrogens with two attached hydrogens (primary N) is 2. The smallest absolute Gasteiger partial charge is 0.232 e. The molecule has 2 aliphatic rings. The van der Waals surface area contributed by atoms with Crippen molar-refractivity contribution in [2.45, 2.75) is 44.9 Å². The third-order valence-electron chi connectivity index (χ3n) is 6.50. The van der Waals surface area contributed by atoms with E-state index < -0.39 is 0 Å². The lowest BCUT2D eigenvalue weighted by atomic mass is 10.0. The van der Waals surface area contributed by atoms with Crippen LogP contribution in [0, 0.1) is 0 Å². The maximum absolute atomic E-state index is 6.54. The molecule has 1 aliphatic carbocycles. The number of anilines is 2. The first-order valence-corrected chi connectivity index (χ1v) is 11.3. The lowest BCUT2D eigenvalue weighted by Gasteiger charge is -2.40. The molecule has 5 rings (SSSR count). The zero-order chi connectivity index (χ0) is 23.0. The Balaban J connectivity index is 1.30. The average molecular weight is 449 g/mol. The SMILES string of the molecule is CC1CN(c2cc(C(=[NH2+])c3cc(OC4(C)CC4)ccc3N)ncn2)CCN1Cc1cocn1. The van der Waals surface area contributed by atoms with Crippen LogP contribution in [0.2, 0.25) is 0 Å². The number of rotatable bonds is 7. The van der Waals surface area contributed by atoms with Gasteiger partial charge < -0.3 is 19.8 Å². The number of aromatic nitrogens is 3. The zero-order valence-corrected chi connectivity index (χ0v) is 19.1. The predicted molar refractivity (Wildman–Crippen MR) is 125 cm³/mol. The third-order valence-corrected chi connectivity index (χ3v) is 6.50. The topological polar surface area (TPSA) is 119 Å². The summed E-state index contributed by atoms with van der Waals surface area (Å²) < 4.78 is 11.2. The van der Waals surface area contributed by atoms with E-state index in [1.807, 2.05) is 24.3 Å². The van der Waals surface area contributed by atoms with E-state index in [1.54, 1.807) is 12.6 Å². The van der Waals surface area contributed by atoms with Crippen molar-refractivity contribution in [3.63, 3.8) is 0 Å². The standard InChI is InChI=1S/C24H29N7O2/c1-16-11-31(8-7-30(16)12-17-13-32-15-29-17)22-10-21(27-14-28-22)23(26)19-9-18(3-4-20(19)25)33-24(2)5-6-24/h3-4,9-10,13-16,26H,5-8,11-12,25H2,1-2H3/p+1. The van der Waals surface area contributed by atoms with Gasteiger partial charge in [0.05, 0.1) is 11.3 Å². The van der Waals surface area contributed by atoms with Gasteiger partial charge >= 0.3 is 0 Å². The Hall–Kier alpha value is -3.46. The molecule has 2 aromatic heterocycles. The van der Waals surface area contributed by atoms with Crippen LogP contribution in [0.3, 0.4) is 0 Å². The Morgan fingerprint density at radius 3 is 2.82 bits per heavy atom. The van der Waals surface area contributed by atoms with Crippen LogP contribution in [0.5, 0.6) is 5.75 Å². The molecular weight excluding hydrogens is 418 g/mol. The van der Waals surface area contributed by atoms with Crippen molar-refractivity contribution in [3.8, 4) is 5.75 Å². The van der Waals surface area contributed by atoms with Crippen molar-refractivity contribution in [3.05, 3.63) is 60.2 Å². The Morgan fingerprint density at radius 1 is 1.24 bits per heavy atom. The fourth-order valence-electron chi connectivity index (χ4n) is 4.16. The van der Waals surface area contributed by atoms with E-state index in [0.29, 0.717) is 23.1 Å². The average Bonchev–Trinajstić information content (AvgIpc) is 3.31.